The molecule has 0 atom stereocenters. The molecule has 2 aromatic carbocycles. The summed E-state index contributed by atoms with van der Waals surface area (Å²) in [6.45, 7) is 7.60. The summed E-state index contributed by atoms with van der Waals surface area (Å²) >= 11 is 6.11. The zero-order valence-corrected chi connectivity index (χ0v) is 22.2. The third kappa shape index (κ3) is 6.38. The maximum atomic E-state index is 13.7. The zero-order chi connectivity index (χ0) is 25.7. The molecule has 2 amide bonds. The molecule has 1 aliphatic rings. The summed E-state index contributed by atoms with van der Waals surface area (Å²) in [4.78, 5) is 30.6. The molecule has 0 bridgehead atoms. The first-order valence-corrected chi connectivity index (χ1v) is 13.2. The van der Waals surface area contributed by atoms with E-state index in [2.05, 4.69) is 42.0 Å². The largest absolute Gasteiger partial charge is 0.345 e. The number of carbonyl (C=O) groups is 2. The van der Waals surface area contributed by atoms with Crippen LogP contribution in [0.25, 0.3) is 0 Å². The van der Waals surface area contributed by atoms with E-state index in [0.29, 0.717) is 13.1 Å². The molecule has 5 nitrogen and oxygen atoms in total. The smallest absolute Gasteiger partial charge is 0.242 e. The Labute approximate surface area is 219 Å². The first kappa shape index (κ1) is 26.0. The van der Waals surface area contributed by atoms with Crippen LogP contribution in [0.5, 0.6) is 0 Å². The van der Waals surface area contributed by atoms with Crippen LogP contribution in [-0.4, -0.2) is 44.6 Å². The minimum Gasteiger partial charge on any atom is -0.345 e. The van der Waals surface area contributed by atoms with Crippen molar-refractivity contribution in [2.75, 3.05) is 12.4 Å². The lowest BCUT2D eigenvalue weighted by Crippen LogP contribution is -2.48. The number of carbonyl (C=O) groups excluding carboxylic acids is 2. The van der Waals surface area contributed by atoms with Gasteiger partial charge >= 0.3 is 0 Å². The summed E-state index contributed by atoms with van der Waals surface area (Å²) in [7, 11) is 0. The molecule has 190 valence electrons. The van der Waals surface area contributed by atoms with Crippen LogP contribution in [0.2, 0.25) is 0 Å². The summed E-state index contributed by atoms with van der Waals surface area (Å²) in [5, 5.41) is 0. The predicted octanol–water partition coefficient (Wildman–Crippen LogP) is 5.63. The fraction of sp³-hybridized carbons (Fsp3) is 0.400. The van der Waals surface area contributed by atoms with Gasteiger partial charge in [0.1, 0.15) is 6.54 Å². The maximum Gasteiger partial charge on any atom is 0.242 e. The van der Waals surface area contributed by atoms with Crippen LogP contribution < -0.4 is 0 Å². The average Bonchev–Trinajstić information content (AvgIpc) is 3.63. The predicted molar refractivity (Wildman–Crippen MR) is 145 cm³/mol. The molecule has 0 spiro atoms. The SMILES string of the molecule is Cc1ccccc1Cn1cccc1CN(Cc1ccccc1)C(=O)CN(C(=O)C(C)(C)CCl)C1CC1. The highest BCUT2D eigenvalue weighted by Crippen LogP contribution is 2.32. The second kappa shape index (κ2) is 11.3. The van der Waals surface area contributed by atoms with Crippen LogP contribution in [0, 0.1) is 12.3 Å². The average molecular weight is 506 g/mol. The minimum atomic E-state index is -0.697. The molecule has 0 radical (unpaired) electrons. The summed E-state index contributed by atoms with van der Waals surface area (Å²) in [6.07, 6.45) is 3.95. The van der Waals surface area contributed by atoms with Crippen LogP contribution >= 0.6 is 11.6 Å². The lowest BCUT2D eigenvalue weighted by Gasteiger charge is -2.32. The van der Waals surface area contributed by atoms with Gasteiger partial charge in [-0.25, -0.2) is 0 Å². The van der Waals surface area contributed by atoms with E-state index in [-0.39, 0.29) is 30.3 Å². The van der Waals surface area contributed by atoms with E-state index in [1.165, 1.54) is 11.1 Å². The van der Waals surface area contributed by atoms with Crippen molar-refractivity contribution < 1.29 is 9.59 Å². The summed E-state index contributed by atoms with van der Waals surface area (Å²) in [5.41, 5.74) is 3.93. The van der Waals surface area contributed by atoms with Crippen LogP contribution in [0.1, 0.15) is 49.1 Å². The number of hydrogen-bond donors (Lipinski definition) is 0. The van der Waals surface area contributed by atoms with Gasteiger partial charge in [0.15, 0.2) is 0 Å². The normalized spacial score (nSPS) is 13.4. The Morgan fingerprint density at radius 2 is 1.67 bits per heavy atom. The fourth-order valence-corrected chi connectivity index (χ4v) is 4.51. The maximum absolute atomic E-state index is 13.7. The van der Waals surface area contributed by atoms with Crippen LogP contribution in [0.3, 0.4) is 0 Å². The molecule has 0 saturated heterocycles. The molecule has 0 N–H and O–H groups in total. The van der Waals surface area contributed by atoms with Crippen molar-refractivity contribution in [1.82, 2.24) is 14.4 Å². The molecule has 0 unspecified atom stereocenters. The number of amides is 2. The van der Waals surface area contributed by atoms with Crippen molar-refractivity contribution in [2.45, 2.75) is 59.3 Å². The van der Waals surface area contributed by atoms with Gasteiger partial charge in [0.25, 0.3) is 0 Å². The van der Waals surface area contributed by atoms with Crippen molar-refractivity contribution in [3.63, 3.8) is 0 Å². The fourth-order valence-electron chi connectivity index (χ4n) is 4.39. The molecule has 1 fully saturated rings. The van der Waals surface area contributed by atoms with Crippen molar-refractivity contribution >= 4 is 23.4 Å². The number of alkyl halides is 1. The lowest BCUT2D eigenvalue weighted by molar-refractivity contribution is -0.146. The first-order chi connectivity index (χ1) is 17.3. The Bertz CT molecular complexity index is 1180. The van der Waals surface area contributed by atoms with Crippen molar-refractivity contribution in [2.24, 2.45) is 5.41 Å². The Hall–Kier alpha value is -3.05. The van der Waals surface area contributed by atoms with Gasteiger partial charge in [-0.15, -0.1) is 11.6 Å². The van der Waals surface area contributed by atoms with Gasteiger partial charge in [0, 0.05) is 36.9 Å². The van der Waals surface area contributed by atoms with Gasteiger partial charge < -0.3 is 14.4 Å². The molecular formula is C30H36ClN3O2. The monoisotopic (exact) mass is 505 g/mol. The van der Waals surface area contributed by atoms with E-state index >= 15 is 0 Å². The van der Waals surface area contributed by atoms with Gasteiger partial charge in [-0.1, -0.05) is 54.6 Å². The van der Waals surface area contributed by atoms with Crippen molar-refractivity contribution in [3.8, 4) is 0 Å². The van der Waals surface area contributed by atoms with E-state index in [9.17, 15) is 9.59 Å². The molecule has 0 aliphatic heterocycles. The first-order valence-electron chi connectivity index (χ1n) is 12.7. The number of halogens is 1. The number of nitrogens with zero attached hydrogens (tertiary/aromatic N) is 3. The number of aromatic nitrogens is 1. The van der Waals surface area contributed by atoms with Crippen molar-refractivity contribution in [1.29, 1.82) is 0 Å². The highest BCUT2D eigenvalue weighted by molar-refractivity contribution is 6.19. The van der Waals surface area contributed by atoms with Gasteiger partial charge in [0.05, 0.1) is 12.0 Å². The molecule has 1 heterocycles. The van der Waals surface area contributed by atoms with Crippen LogP contribution in [-0.2, 0) is 29.2 Å². The van der Waals surface area contributed by atoms with E-state index in [0.717, 1.165) is 30.6 Å². The number of hydrogen-bond acceptors (Lipinski definition) is 2. The molecule has 4 rings (SSSR count). The van der Waals surface area contributed by atoms with E-state index in [1.54, 1.807) is 4.90 Å². The molecule has 1 saturated carbocycles. The summed E-state index contributed by atoms with van der Waals surface area (Å²) < 4.78 is 2.20. The Balaban J connectivity index is 1.56. The lowest BCUT2D eigenvalue weighted by atomic mass is 9.94. The highest BCUT2D eigenvalue weighted by Gasteiger charge is 2.40. The van der Waals surface area contributed by atoms with E-state index in [4.69, 9.17) is 11.6 Å². The second-order valence-electron chi connectivity index (χ2n) is 10.5. The number of rotatable bonds is 11. The molecule has 1 aliphatic carbocycles. The Kier molecular flexibility index (Phi) is 8.20. The Morgan fingerprint density at radius 3 is 2.33 bits per heavy atom. The highest BCUT2D eigenvalue weighted by atomic mass is 35.5. The topological polar surface area (TPSA) is 45.6 Å². The Morgan fingerprint density at radius 1 is 0.972 bits per heavy atom. The van der Waals surface area contributed by atoms with Crippen LogP contribution in [0.4, 0.5) is 0 Å². The quantitative estimate of drug-likeness (QED) is 0.317. The molecule has 36 heavy (non-hydrogen) atoms. The second-order valence-corrected chi connectivity index (χ2v) is 10.7. The van der Waals surface area contributed by atoms with Crippen molar-refractivity contribution in [3.05, 3.63) is 95.3 Å². The summed E-state index contributed by atoms with van der Waals surface area (Å²) in [6, 6.07) is 22.6. The molecule has 1 aromatic heterocycles. The third-order valence-corrected chi connectivity index (χ3v) is 7.58. The van der Waals surface area contributed by atoms with Gasteiger partial charge in [0.2, 0.25) is 11.8 Å². The van der Waals surface area contributed by atoms with Gasteiger partial charge in [-0.2, -0.15) is 0 Å². The third-order valence-electron chi connectivity index (χ3n) is 6.91. The summed E-state index contributed by atoms with van der Waals surface area (Å²) in [5.74, 6) is 0.132. The van der Waals surface area contributed by atoms with E-state index in [1.807, 2.05) is 61.2 Å². The molecule has 3 aromatic rings. The van der Waals surface area contributed by atoms with Gasteiger partial charge in [-0.3, -0.25) is 9.59 Å². The minimum absolute atomic E-state index is 0.0454. The zero-order valence-electron chi connectivity index (χ0n) is 21.5. The molecular weight excluding hydrogens is 470 g/mol. The van der Waals surface area contributed by atoms with E-state index < -0.39 is 5.41 Å². The number of aryl methyl sites for hydroxylation is 1. The number of benzene rings is 2. The van der Waals surface area contributed by atoms with Crippen LogP contribution in [0.15, 0.2) is 72.9 Å². The standard InChI is InChI=1S/C30H36ClN3O2/c1-23-10-7-8-13-25(23)19-32-17-9-14-27(32)20-33(18-24-11-5-4-6-12-24)28(35)21-34(26-15-16-26)29(36)30(2,3)22-31/h4-14,17,26H,15-16,18-22H2,1-3H3. The molecule has 6 heteroatoms. The van der Waals surface area contributed by atoms with Gasteiger partial charge in [-0.05, 0) is 62.4 Å².